The lowest BCUT2D eigenvalue weighted by molar-refractivity contribution is 0.615. The topological polar surface area (TPSA) is 16.1 Å². The van der Waals surface area contributed by atoms with Crippen LogP contribution in [0.2, 0.25) is 0 Å². The quantitative estimate of drug-likeness (QED) is 0.755. The fourth-order valence-electron chi connectivity index (χ4n) is 3.27. The molecule has 0 unspecified atom stereocenters. The molecule has 0 aliphatic heterocycles. The van der Waals surface area contributed by atoms with Crippen LogP contribution in [0.4, 0.5) is 5.82 Å². The third kappa shape index (κ3) is 2.69. The third-order valence-electron chi connectivity index (χ3n) is 4.25. The van der Waals surface area contributed by atoms with E-state index in [0.29, 0.717) is 6.04 Å². The SMILES string of the molecule is Cc1cc2ccccc2nc1N(CCBr)C1CCCC1. The molecule has 106 valence electrons. The highest BCUT2D eigenvalue weighted by Crippen LogP contribution is 2.30. The molecular formula is C17H21BrN2. The molecule has 1 aromatic carbocycles. The summed E-state index contributed by atoms with van der Waals surface area (Å²) in [7, 11) is 0. The predicted octanol–water partition coefficient (Wildman–Crippen LogP) is 4.69. The van der Waals surface area contributed by atoms with Crippen LogP contribution < -0.4 is 4.90 Å². The molecule has 20 heavy (non-hydrogen) atoms. The second-order valence-electron chi connectivity index (χ2n) is 5.64. The Kier molecular flexibility index (Phi) is 4.25. The highest BCUT2D eigenvalue weighted by molar-refractivity contribution is 9.09. The van der Waals surface area contributed by atoms with Crippen molar-refractivity contribution in [3.63, 3.8) is 0 Å². The minimum Gasteiger partial charge on any atom is -0.353 e. The van der Waals surface area contributed by atoms with Gasteiger partial charge in [-0.15, -0.1) is 0 Å². The molecule has 1 aromatic heterocycles. The minimum absolute atomic E-state index is 0.667. The molecule has 2 nitrogen and oxygen atoms in total. The van der Waals surface area contributed by atoms with Crippen molar-refractivity contribution >= 4 is 32.7 Å². The van der Waals surface area contributed by atoms with E-state index in [4.69, 9.17) is 4.98 Å². The molecule has 1 saturated carbocycles. The van der Waals surface area contributed by atoms with Gasteiger partial charge in [0.15, 0.2) is 0 Å². The zero-order chi connectivity index (χ0) is 13.9. The number of rotatable bonds is 4. The number of para-hydroxylation sites is 1. The number of halogens is 1. The Balaban J connectivity index is 2.02. The van der Waals surface area contributed by atoms with Crippen LogP contribution in [-0.4, -0.2) is 22.9 Å². The van der Waals surface area contributed by atoms with Crippen molar-refractivity contribution in [2.75, 3.05) is 16.8 Å². The van der Waals surface area contributed by atoms with Crippen LogP contribution in [0.25, 0.3) is 10.9 Å². The van der Waals surface area contributed by atoms with Crippen molar-refractivity contribution < 1.29 is 0 Å². The Hall–Kier alpha value is -1.09. The normalized spacial score (nSPS) is 15.9. The Morgan fingerprint density at radius 2 is 2.00 bits per heavy atom. The lowest BCUT2D eigenvalue weighted by Gasteiger charge is -2.31. The smallest absolute Gasteiger partial charge is 0.132 e. The maximum absolute atomic E-state index is 4.94. The van der Waals surface area contributed by atoms with E-state index in [1.165, 1.54) is 42.5 Å². The zero-order valence-corrected chi connectivity index (χ0v) is 13.6. The molecule has 1 heterocycles. The Morgan fingerprint density at radius 3 is 2.75 bits per heavy atom. The molecule has 2 aromatic rings. The third-order valence-corrected chi connectivity index (χ3v) is 4.61. The molecule has 0 radical (unpaired) electrons. The van der Waals surface area contributed by atoms with Gasteiger partial charge in [-0.05, 0) is 37.5 Å². The fraction of sp³-hybridized carbons (Fsp3) is 0.471. The molecule has 0 bridgehead atoms. The summed E-state index contributed by atoms with van der Waals surface area (Å²) < 4.78 is 0. The van der Waals surface area contributed by atoms with Gasteiger partial charge in [0.1, 0.15) is 5.82 Å². The highest BCUT2D eigenvalue weighted by atomic mass is 79.9. The summed E-state index contributed by atoms with van der Waals surface area (Å²) in [6, 6.07) is 11.3. The van der Waals surface area contributed by atoms with Gasteiger partial charge >= 0.3 is 0 Å². The van der Waals surface area contributed by atoms with Crippen LogP contribution in [0.3, 0.4) is 0 Å². The molecule has 1 aliphatic rings. The van der Waals surface area contributed by atoms with Gasteiger partial charge < -0.3 is 4.90 Å². The summed E-state index contributed by atoms with van der Waals surface area (Å²) >= 11 is 3.60. The van der Waals surface area contributed by atoms with Gasteiger partial charge in [-0.25, -0.2) is 4.98 Å². The van der Waals surface area contributed by atoms with E-state index in [1.807, 2.05) is 0 Å². The minimum atomic E-state index is 0.667. The van der Waals surface area contributed by atoms with Crippen LogP contribution in [0, 0.1) is 6.92 Å². The molecule has 3 rings (SSSR count). The Labute approximate surface area is 129 Å². The van der Waals surface area contributed by atoms with Gasteiger partial charge in [0.05, 0.1) is 5.52 Å². The van der Waals surface area contributed by atoms with E-state index in [0.717, 1.165) is 17.4 Å². The van der Waals surface area contributed by atoms with E-state index in [9.17, 15) is 0 Å². The number of alkyl halides is 1. The summed E-state index contributed by atoms with van der Waals surface area (Å²) in [6.45, 7) is 3.22. The van der Waals surface area contributed by atoms with Gasteiger partial charge in [0.25, 0.3) is 0 Å². The summed E-state index contributed by atoms with van der Waals surface area (Å²) in [6.07, 6.45) is 5.33. The number of aryl methyl sites for hydroxylation is 1. The average molecular weight is 333 g/mol. The first-order chi connectivity index (χ1) is 9.79. The molecule has 0 N–H and O–H groups in total. The lowest BCUT2D eigenvalue weighted by Crippen LogP contribution is -2.36. The molecule has 0 atom stereocenters. The van der Waals surface area contributed by atoms with Crippen molar-refractivity contribution in [3.05, 3.63) is 35.9 Å². The predicted molar refractivity (Wildman–Crippen MR) is 89.9 cm³/mol. The van der Waals surface area contributed by atoms with Crippen LogP contribution in [-0.2, 0) is 0 Å². The van der Waals surface area contributed by atoms with Crippen LogP contribution >= 0.6 is 15.9 Å². The van der Waals surface area contributed by atoms with Crippen molar-refractivity contribution in [2.24, 2.45) is 0 Å². The number of aromatic nitrogens is 1. The van der Waals surface area contributed by atoms with Crippen molar-refractivity contribution in [1.29, 1.82) is 0 Å². The number of hydrogen-bond acceptors (Lipinski definition) is 2. The molecule has 0 saturated heterocycles. The van der Waals surface area contributed by atoms with Gasteiger partial charge in [-0.3, -0.25) is 0 Å². The van der Waals surface area contributed by atoms with Crippen LogP contribution in [0.1, 0.15) is 31.2 Å². The number of pyridine rings is 1. The lowest BCUT2D eigenvalue weighted by atomic mass is 10.1. The van der Waals surface area contributed by atoms with Crippen molar-refractivity contribution in [1.82, 2.24) is 4.98 Å². The van der Waals surface area contributed by atoms with Crippen molar-refractivity contribution in [2.45, 2.75) is 38.6 Å². The number of benzene rings is 1. The first-order valence-corrected chi connectivity index (χ1v) is 8.61. The molecule has 1 aliphatic carbocycles. The van der Waals surface area contributed by atoms with Crippen LogP contribution in [0.5, 0.6) is 0 Å². The van der Waals surface area contributed by atoms with E-state index in [1.54, 1.807) is 0 Å². The van der Waals surface area contributed by atoms with E-state index >= 15 is 0 Å². The molecular weight excluding hydrogens is 312 g/mol. The van der Waals surface area contributed by atoms with Crippen LogP contribution in [0.15, 0.2) is 30.3 Å². The molecule has 0 amide bonds. The highest BCUT2D eigenvalue weighted by Gasteiger charge is 2.24. The number of hydrogen-bond donors (Lipinski definition) is 0. The van der Waals surface area contributed by atoms with E-state index < -0.39 is 0 Å². The molecule has 1 fully saturated rings. The molecule has 0 spiro atoms. The summed E-state index contributed by atoms with van der Waals surface area (Å²) in [5.74, 6) is 1.18. The van der Waals surface area contributed by atoms with Gasteiger partial charge in [-0.2, -0.15) is 0 Å². The standard InChI is InChI=1S/C17H21BrN2/c1-13-12-14-6-2-5-9-16(14)19-17(13)20(11-10-18)15-7-3-4-8-15/h2,5-6,9,12,15H,3-4,7-8,10-11H2,1H3. The number of anilines is 1. The first kappa shape index (κ1) is 13.9. The largest absolute Gasteiger partial charge is 0.353 e. The Morgan fingerprint density at radius 1 is 1.25 bits per heavy atom. The summed E-state index contributed by atoms with van der Waals surface area (Å²) in [4.78, 5) is 7.46. The maximum Gasteiger partial charge on any atom is 0.132 e. The summed E-state index contributed by atoms with van der Waals surface area (Å²) in [5, 5.41) is 2.23. The van der Waals surface area contributed by atoms with Crippen molar-refractivity contribution in [3.8, 4) is 0 Å². The molecule has 3 heteroatoms. The number of fused-ring (bicyclic) bond motifs is 1. The van der Waals surface area contributed by atoms with Gasteiger partial charge in [0.2, 0.25) is 0 Å². The second-order valence-corrected chi connectivity index (χ2v) is 6.44. The number of nitrogens with zero attached hydrogens (tertiary/aromatic N) is 2. The van der Waals surface area contributed by atoms with Gasteiger partial charge in [-0.1, -0.05) is 47.0 Å². The van der Waals surface area contributed by atoms with Gasteiger partial charge in [0, 0.05) is 23.3 Å². The maximum atomic E-state index is 4.94. The zero-order valence-electron chi connectivity index (χ0n) is 12.0. The van der Waals surface area contributed by atoms with E-state index in [2.05, 4.69) is 58.1 Å². The fourth-order valence-corrected chi connectivity index (χ4v) is 3.65. The monoisotopic (exact) mass is 332 g/mol. The average Bonchev–Trinajstić information content (AvgIpc) is 2.98. The Bertz CT molecular complexity index is 591. The summed E-state index contributed by atoms with van der Waals surface area (Å²) in [5.41, 5.74) is 2.39. The second kappa shape index (κ2) is 6.13. The first-order valence-electron chi connectivity index (χ1n) is 7.48. The van der Waals surface area contributed by atoms with E-state index in [-0.39, 0.29) is 0 Å².